The maximum Gasteiger partial charge on any atom is 0.201 e. The lowest BCUT2D eigenvalue weighted by Crippen LogP contribution is -2.70. The molecule has 1 aliphatic carbocycles. The summed E-state index contributed by atoms with van der Waals surface area (Å²) in [7, 11) is 0. The van der Waals surface area contributed by atoms with Crippen LogP contribution in [0.25, 0.3) is 0 Å². The van der Waals surface area contributed by atoms with Gasteiger partial charge in [-0.2, -0.15) is 0 Å². The zero-order valence-electron chi connectivity index (χ0n) is 17.4. The average molecular weight is 398 g/mol. The van der Waals surface area contributed by atoms with Crippen LogP contribution in [0.2, 0.25) is 0 Å². The van der Waals surface area contributed by atoms with Crippen molar-refractivity contribution in [1.29, 1.82) is 0 Å². The SMILES string of the molecule is C[C@H]1[C@@H](OCCN2CCOCC2)O[C@@H]2O[C@@]3(C)CC[C@H]4[C@H](C)CC[C@@H]1[C@@]24OO3. The van der Waals surface area contributed by atoms with Gasteiger partial charge in [-0.25, -0.2) is 9.78 Å². The molecule has 5 saturated heterocycles. The molecule has 28 heavy (non-hydrogen) atoms. The molecule has 0 radical (unpaired) electrons. The Morgan fingerprint density at radius 2 is 1.86 bits per heavy atom. The molecule has 0 N–H and O–H groups in total. The first-order valence-corrected chi connectivity index (χ1v) is 11.1. The molecule has 6 rings (SSSR count). The van der Waals surface area contributed by atoms with Crippen molar-refractivity contribution in [2.24, 2.45) is 23.7 Å². The third kappa shape index (κ3) is 3.14. The molecular weight excluding hydrogens is 362 g/mol. The van der Waals surface area contributed by atoms with Crippen molar-refractivity contribution in [1.82, 2.24) is 4.90 Å². The number of rotatable bonds is 4. The summed E-state index contributed by atoms with van der Waals surface area (Å²) in [4.78, 5) is 14.4. The molecule has 2 bridgehead atoms. The van der Waals surface area contributed by atoms with Crippen LogP contribution in [-0.4, -0.2) is 68.3 Å². The quantitative estimate of drug-likeness (QED) is 0.676. The lowest BCUT2D eigenvalue weighted by Gasteiger charge is -2.60. The predicted molar refractivity (Wildman–Crippen MR) is 100 cm³/mol. The van der Waals surface area contributed by atoms with E-state index in [1.54, 1.807) is 0 Å². The van der Waals surface area contributed by atoms with E-state index in [9.17, 15) is 0 Å². The van der Waals surface area contributed by atoms with Crippen molar-refractivity contribution in [2.75, 3.05) is 39.5 Å². The van der Waals surface area contributed by atoms with Gasteiger partial charge in [-0.15, -0.1) is 0 Å². The fourth-order valence-electron chi connectivity index (χ4n) is 6.19. The van der Waals surface area contributed by atoms with Crippen LogP contribution in [0.4, 0.5) is 0 Å². The molecule has 0 unspecified atom stereocenters. The van der Waals surface area contributed by atoms with Crippen molar-refractivity contribution >= 4 is 0 Å². The van der Waals surface area contributed by atoms with E-state index in [0.717, 1.165) is 52.1 Å². The Kier molecular flexibility index (Phi) is 5.23. The van der Waals surface area contributed by atoms with Crippen molar-refractivity contribution in [3.05, 3.63) is 0 Å². The summed E-state index contributed by atoms with van der Waals surface area (Å²) in [6.07, 6.45) is 3.54. The van der Waals surface area contributed by atoms with Gasteiger partial charge in [0.05, 0.1) is 19.8 Å². The molecule has 0 aromatic carbocycles. The standard InChI is InChI=1S/C21H35NO6/c1-14-4-5-17-15(2)18(24-13-10-22-8-11-23-12-9-22)25-19-21(17)16(14)6-7-20(3,26-19)27-28-21/h14-19H,4-13H2,1-3H3/t14-,15-,16+,17+,18+,19-,20-,21-/m1/s1. The van der Waals surface area contributed by atoms with Gasteiger partial charge in [-0.1, -0.05) is 13.8 Å². The van der Waals surface area contributed by atoms with E-state index < -0.39 is 17.7 Å². The second-order valence-corrected chi connectivity index (χ2v) is 9.60. The Morgan fingerprint density at radius 1 is 1.04 bits per heavy atom. The number of hydrogen-bond acceptors (Lipinski definition) is 7. The summed E-state index contributed by atoms with van der Waals surface area (Å²) in [5.41, 5.74) is -0.503. The molecule has 6 fully saturated rings. The van der Waals surface area contributed by atoms with Gasteiger partial charge in [-0.3, -0.25) is 4.90 Å². The summed E-state index contributed by atoms with van der Waals surface area (Å²) in [5, 5.41) is 0. The minimum atomic E-state index is -0.726. The zero-order chi connectivity index (χ0) is 19.4. The van der Waals surface area contributed by atoms with Gasteiger partial charge < -0.3 is 18.9 Å². The lowest BCUT2D eigenvalue weighted by molar-refractivity contribution is -0.577. The first-order valence-electron chi connectivity index (χ1n) is 11.1. The van der Waals surface area contributed by atoms with E-state index in [4.69, 9.17) is 28.7 Å². The normalized spacial score (nSPS) is 51.5. The molecule has 5 heterocycles. The number of fused-ring (bicyclic) bond motifs is 2. The first kappa shape index (κ1) is 19.7. The average Bonchev–Trinajstić information content (AvgIpc) is 2.92. The Labute approximate surface area is 167 Å². The van der Waals surface area contributed by atoms with Gasteiger partial charge >= 0.3 is 0 Å². The number of hydrogen-bond donors (Lipinski definition) is 0. The second kappa shape index (κ2) is 7.45. The number of morpholine rings is 1. The Bertz CT molecular complexity index is 571. The summed E-state index contributed by atoms with van der Waals surface area (Å²) in [6.45, 7) is 11.7. The van der Waals surface area contributed by atoms with Crippen LogP contribution in [-0.2, 0) is 28.7 Å². The largest absolute Gasteiger partial charge is 0.379 e. The predicted octanol–water partition coefficient (Wildman–Crippen LogP) is 2.54. The van der Waals surface area contributed by atoms with Crippen LogP contribution in [0.3, 0.4) is 0 Å². The third-order valence-corrected chi connectivity index (χ3v) is 7.89. The molecule has 7 nitrogen and oxygen atoms in total. The summed E-state index contributed by atoms with van der Waals surface area (Å²) >= 11 is 0. The van der Waals surface area contributed by atoms with Crippen LogP contribution in [0.15, 0.2) is 0 Å². The van der Waals surface area contributed by atoms with Crippen LogP contribution in [0, 0.1) is 23.7 Å². The molecule has 0 amide bonds. The first-order chi connectivity index (χ1) is 13.5. The monoisotopic (exact) mass is 397 g/mol. The van der Waals surface area contributed by atoms with Gasteiger partial charge in [0.25, 0.3) is 0 Å². The van der Waals surface area contributed by atoms with Gasteiger partial charge in [0.15, 0.2) is 18.2 Å². The molecule has 0 aromatic heterocycles. The van der Waals surface area contributed by atoms with Gasteiger partial charge in [0, 0.05) is 37.9 Å². The number of ether oxygens (including phenoxy) is 4. The zero-order valence-corrected chi connectivity index (χ0v) is 17.4. The van der Waals surface area contributed by atoms with Gasteiger partial charge in [0.1, 0.15) is 0 Å². The topological polar surface area (TPSA) is 58.6 Å². The van der Waals surface area contributed by atoms with Crippen molar-refractivity contribution in [3.63, 3.8) is 0 Å². The highest BCUT2D eigenvalue weighted by Crippen LogP contribution is 2.60. The van der Waals surface area contributed by atoms with E-state index in [-0.39, 0.29) is 12.2 Å². The summed E-state index contributed by atoms with van der Waals surface area (Å²) in [5.74, 6) is 0.823. The maximum atomic E-state index is 6.45. The minimum absolute atomic E-state index is 0.241. The van der Waals surface area contributed by atoms with Crippen LogP contribution >= 0.6 is 0 Å². The van der Waals surface area contributed by atoms with Crippen molar-refractivity contribution in [3.8, 4) is 0 Å². The van der Waals surface area contributed by atoms with E-state index in [1.807, 2.05) is 6.92 Å². The highest BCUT2D eigenvalue weighted by atomic mass is 17.3. The molecule has 1 spiro atoms. The Balaban J connectivity index is 1.31. The van der Waals surface area contributed by atoms with E-state index in [0.29, 0.717) is 24.4 Å². The summed E-state index contributed by atoms with van der Waals surface area (Å²) in [6, 6.07) is 0. The van der Waals surface area contributed by atoms with Crippen LogP contribution in [0.1, 0.15) is 46.5 Å². The van der Waals surface area contributed by atoms with E-state index >= 15 is 0 Å². The van der Waals surface area contributed by atoms with Crippen LogP contribution in [0.5, 0.6) is 0 Å². The molecule has 7 heteroatoms. The Morgan fingerprint density at radius 3 is 2.68 bits per heavy atom. The molecule has 0 aromatic rings. The van der Waals surface area contributed by atoms with Gasteiger partial charge in [-0.05, 0) is 38.0 Å². The molecule has 5 aliphatic heterocycles. The third-order valence-electron chi connectivity index (χ3n) is 7.89. The fourth-order valence-corrected chi connectivity index (χ4v) is 6.19. The lowest BCUT2D eigenvalue weighted by atomic mass is 9.58. The summed E-state index contributed by atoms with van der Waals surface area (Å²) < 4.78 is 24.5. The highest BCUT2D eigenvalue weighted by molar-refractivity contribution is 5.09. The molecular formula is C21H35NO6. The molecule has 6 aliphatic rings. The molecule has 160 valence electrons. The van der Waals surface area contributed by atoms with Crippen molar-refractivity contribution < 1.29 is 28.7 Å². The second-order valence-electron chi connectivity index (χ2n) is 9.60. The maximum absolute atomic E-state index is 6.45. The fraction of sp³-hybridized carbons (Fsp3) is 1.00. The Hall–Kier alpha value is -0.280. The van der Waals surface area contributed by atoms with E-state index in [1.165, 1.54) is 6.42 Å². The van der Waals surface area contributed by atoms with Crippen molar-refractivity contribution in [2.45, 2.75) is 70.4 Å². The van der Waals surface area contributed by atoms with Crippen LogP contribution < -0.4 is 0 Å². The highest BCUT2D eigenvalue weighted by Gasteiger charge is 2.69. The molecule has 8 atom stereocenters. The smallest absolute Gasteiger partial charge is 0.201 e. The minimum Gasteiger partial charge on any atom is -0.379 e. The molecule has 1 saturated carbocycles. The van der Waals surface area contributed by atoms with E-state index in [2.05, 4.69) is 18.7 Å². The number of nitrogens with zero attached hydrogens (tertiary/aromatic N) is 1. The van der Waals surface area contributed by atoms with Gasteiger partial charge in [0.2, 0.25) is 5.79 Å².